The molecular formula is C14H15Cl3N4O2. The number of amides is 1. The van der Waals surface area contributed by atoms with Crippen molar-refractivity contribution in [2.24, 2.45) is 0 Å². The van der Waals surface area contributed by atoms with Gasteiger partial charge in [-0.25, -0.2) is 4.68 Å². The maximum atomic E-state index is 12.0. The van der Waals surface area contributed by atoms with Crippen LogP contribution in [0.15, 0.2) is 18.3 Å². The SMILES string of the molecule is CCCCn1nccc1NC(=O)COc1nc(Cl)c(Cl)cc1Cl. The summed E-state index contributed by atoms with van der Waals surface area (Å²) in [4.78, 5) is 15.8. The molecule has 23 heavy (non-hydrogen) atoms. The number of rotatable bonds is 7. The molecule has 2 heterocycles. The zero-order valence-electron chi connectivity index (χ0n) is 12.4. The Balaban J connectivity index is 1.93. The molecule has 6 nitrogen and oxygen atoms in total. The van der Waals surface area contributed by atoms with Crippen LogP contribution in [-0.4, -0.2) is 27.3 Å². The predicted molar refractivity (Wildman–Crippen MR) is 90.5 cm³/mol. The number of nitrogens with one attached hydrogen (secondary N) is 1. The quantitative estimate of drug-likeness (QED) is 0.739. The Kier molecular flexibility index (Phi) is 6.50. The molecule has 0 radical (unpaired) electrons. The van der Waals surface area contributed by atoms with Gasteiger partial charge < -0.3 is 10.1 Å². The fraction of sp³-hybridized carbons (Fsp3) is 0.357. The summed E-state index contributed by atoms with van der Waals surface area (Å²) in [6.07, 6.45) is 3.64. The molecule has 0 atom stereocenters. The van der Waals surface area contributed by atoms with Crippen molar-refractivity contribution in [3.8, 4) is 5.88 Å². The van der Waals surface area contributed by atoms with Gasteiger partial charge in [0.2, 0.25) is 5.88 Å². The maximum Gasteiger partial charge on any atom is 0.263 e. The molecule has 2 aromatic heterocycles. The molecule has 124 valence electrons. The first kappa shape index (κ1) is 17.8. The predicted octanol–water partition coefficient (Wildman–Crippen LogP) is 4.06. The van der Waals surface area contributed by atoms with Crippen LogP contribution in [-0.2, 0) is 11.3 Å². The van der Waals surface area contributed by atoms with Gasteiger partial charge in [0.1, 0.15) is 10.8 Å². The third-order valence-electron chi connectivity index (χ3n) is 2.90. The molecule has 0 bridgehead atoms. The third-order valence-corrected chi connectivity index (χ3v) is 3.85. The normalized spacial score (nSPS) is 10.6. The van der Waals surface area contributed by atoms with Crippen molar-refractivity contribution in [2.75, 3.05) is 11.9 Å². The minimum Gasteiger partial charge on any atom is -0.466 e. The van der Waals surface area contributed by atoms with Crippen LogP contribution in [0.25, 0.3) is 0 Å². The number of unbranched alkanes of at least 4 members (excludes halogenated alkanes) is 1. The number of hydrogen-bond donors (Lipinski definition) is 1. The number of carbonyl (C=O) groups excluding carboxylic acids is 1. The number of anilines is 1. The van der Waals surface area contributed by atoms with Gasteiger partial charge >= 0.3 is 0 Å². The number of pyridine rings is 1. The summed E-state index contributed by atoms with van der Waals surface area (Å²) >= 11 is 17.5. The van der Waals surface area contributed by atoms with Crippen LogP contribution in [0.1, 0.15) is 19.8 Å². The van der Waals surface area contributed by atoms with Crippen molar-refractivity contribution < 1.29 is 9.53 Å². The number of carbonyl (C=O) groups is 1. The molecule has 2 rings (SSSR count). The van der Waals surface area contributed by atoms with Crippen molar-refractivity contribution in [1.82, 2.24) is 14.8 Å². The summed E-state index contributed by atoms with van der Waals surface area (Å²) in [5.74, 6) is 0.308. The smallest absolute Gasteiger partial charge is 0.263 e. The molecule has 2 aromatic rings. The van der Waals surface area contributed by atoms with Crippen molar-refractivity contribution >= 4 is 46.5 Å². The summed E-state index contributed by atoms with van der Waals surface area (Å²) in [6, 6.07) is 3.13. The number of hydrogen-bond acceptors (Lipinski definition) is 4. The first-order valence-corrected chi connectivity index (χ1v) is 8.10. The zero-order valence-corrected chi connectivity index (χ0v) is 14.6. The van der Waals surface area contributed by atoms with E-state index in [1.54, 1.807) is 16.9 Å². The third kappa shape index (κ3) is 4.99. The van der Waals surface area contributed by atoms with Crippen molar-refractivity contribution in [3.63, 3.8) is 0 Å². The molecule has 9 heteroatoms. The molecule has 0 aliphatic rings. The van der Waals surface area contributed by atoms with Crippen molar-refractivity contribution in [2.45, 2.75) is 26.3 Å². The van der Waals surface area contributed by atoms with Crippen LogP contribution in [0.5, 0.6) is 5.88 Å². The van der Waals surface area contributed by atoms with Gasteiger partial charge in [-0.05, 0) is 12.5 Å². The Hall–Kier alpha value is -1.50. The summed E-state index contributed by atoms with van der Waals surface area (Å²) in [5.41, 5.74) is 0. The summed E-state index contributed by atoms with van der Waals surface area (Å²) in [5, 5.41) is 7.33. The zero-order chi connectivity index (χ0) is 16.8. The maximum absolute atomic E-state index is 12.0. The molecule has 0 spiro atoms. The van der Waals surface area contributed by atoms with Crippen molar-refractivity contribution in [1.29, 1.82) is 0 Å². The number of ether oxygens (including phenoxy) is 1. The molecule has 0 aliphatic heterocycles. The van der Waals surface area contributed by atoms with E-state index >= 15 is 0 Å². The highest BCUT2D eigenvalue weighted by Gasteiger charge is 2.12. The Bertz CT molecular complexity index is 691. The van der Waals surface area contributed by atoms with E-state index in [4.69, 9.17) is 39.5 Å². The number of aryl methyl sites for hydroxylation is 1. The van der Waals surface area contributed by atoms with E-state index in [2.05, 4.69) is 22.3 Å². The van der Waals surface area contributed by atoms with Gasteiger partial charge in [-0.2, -0.15) is 10.1 Å². The fourth-order valence-electron chi connectivity index (χ4n) is 1.77. The highest BCUT2D eigenvalue weighted by Crippen LogP contribution is 2.30. The van der Waals surface area contributed by atoms with Gasteiger partial charge in [-0.1, -0.05) is 48.1 Å². The van der Waals surface area contributed by atoms with Gasteiger partial charge in [0, 0.05) is 12.6 Å². The molecular weight excluding hydrogens is 363 g/mol. The van der Waals surface area contributed by atoms with Crippen LogP contribution in [0.2, 0.25) is 15.2 Å². The lowest BCUT2D eigenvalue weighted by Crippen LogP contribution is -2.22. The van der Waals surface area contributed by atoms with E-state index in [1.165, 1.54) is 6.07 Å². The first-order chi connectivity index (χ1) is 11.0. The van der Waals surface area contributed by atoms with Gasteiger partial charge in [0.05, 0.1) is 11.2 Å². The first-order valence-electron chi connectivity index (χ1n) is 6.97. The van der Waals surface area contributed by atoms with Gasteiger partial charge in [0.25, 0.3) is 5.91 Å². The van der Waals surface area contributed by atoms with E-state index in [1.807, 2.05) is 0 Å². The molecule has 0 aliphatic carbocycles. The van der Waals surface area contributed by atoms with Crippen molar-refractivity contribution in [3.05, 3.63) is 33.5 Å². The highest BCUT2D eigenvalue weighted by atomic mass is 35.5. The van der Waals surface area contributed by atoms with Crippen LogP contribution >= 0.6 is 34.8 Å². The lowest BCUT2D eigenvalue weighted by molar-refractivity contribution is -0.118. The molecule has 0 unspecified atom stereocenters. The topological polar surface area (TPSA) is 69.0 Å². The van der Waals surface area contributed by atoms with Crippen LogP contribution in [0.3, 0.4) is 0 Å². The Morgan fingerprint density at radius 3 is 2.87 bits per heavy atom. The van der Waals surface area contributed by atoms with Gasteiger partial charge in [0.15, 0.2) is 11.8 Å². The van der Waals surface area contributed by atoms with E-state index in [9.17, 15) is 4.79 Å². The largest absolute Gasteiger partial charge is 0.466 e. The van der Waals surface area contributed by atoms with Crippen LogP contribution in [0, 0.1) is 0 Å². The summed E-state index contributed by atoms with van der Waals surface area (Å²) in [6.45, 7) is 2.56. The average molecular weight is 378 g/mol. The monoisotopic (exact) mass is 376 g/mol. The second kappa shape index (κ2) is 8.38. The Labute approximate surface area is 148 Å². The molecule has 0 fully saturated rings. The molecule has 0 aromatic carbocycles. The fourth-order valence-corrected chi connectivity index (χ4v) is 2.31. The lowest BCUT2D eigenvalue weighted by atomic mass is 10.3. The van der Waals surface area contributed by atoms with Crippen LogP contribution < -0.4 is 10.1 Å². The number of halogens is 3. The molecule has 0 saturated carbocycles. The standard InChI is InChI=1S/C14H15Cl3N4O2/c1-2-3-6-21-11(4-5-18-21)19-12(22)8-23-14-10(16)7-9(15)13(17)20-14/h4-5,7H,2-3,6,8H2,1H3,(H,19,22). The second-order valence-corrected chi connectivity index (χ2v) is 5.85. The van der Waals surface area contributed by atoms with Gasteiger partial charge in [-0.3, -0.25) is 4.79 Å². The molecule has 0 saturated heterocycles. The minimum absolute atomic E-state index is 0.0516. The van der Waals surface area contributed by atoms with E-state index in [0.717, 1.165) is 19.4 Å². The summed E-state index contributed by atoms with van der Waals surface area (Å²) < 4.78 is 7.00. The number of nitrogens with zero attached hydrogens (tertiary/aromatic N) is 3. The van der Waals surface area contributed by atoms with E-state index in [0.29, 0.717) is 5.82 Å². The Morgan fingerprint density at radius 1 is 1.35 bits per heavy atom. The Morgan fingerprint density at radius 2 is 2.13 bits per heavy atom. The van der Waals surface area contributed by atoms with E-state index < -0.39 is 0 Å². The second-order valence-electron chi connectivity index (χ2n) is 4.68. The number of aromatic nitrogens is 3. The van der Waals surface area contributed by atoms with Crippen LogP contribution in [0.4, 0.5) is 5.82 Å². The highest BCUT2D eigenvalue weighted by molar-refractivity contribution is 6.42. The molecule has 1 amide bonds. The minimum atomic E-state index is -0.354. The molecule has 1 N–H and O–H groups in total. The van der Waals surface area contributed by atoms with Gasteiger partial charge in [-0.15, -0.1) is 0 Å². The summed E-state index contributed by atoms with van der Waals surface area (Å²) in [7, 11) is 0. The lowest BCUT2D eigenvalue weighted by Gasteiger charge is -2.10. The van der Waals surface area contributed by atoms with E-state index in [-0.39, 0.29) is 33.6 Å². The average Bonchev–Trinajstić information content (AvgIpc) is 2.94.